The van der Waals surface area contributed by atoms with Gasteiger partial charge >= 0.3 is 0 Å². The molecule has 290 valence electrons. The lowest BCUT2D eigenvalue weighted by molar-refractivity contribution is -0.362. The predicted octanol–water partition coefficient (Wildman–Crippen LogP) is 0.971. The summed E-state index contributed by atoms with van der Waals surface area (Å²) in [5.74, 6) is 0.859. The van der Waals surface area contributed by atoms with E-state index in [4.69, 9.17) is 28.4 Å². The van der Waals surface area contributed by atoms with Crippen LogP contribution in [0.5, 0.6) is 0 Å². The Morgan fingerprint density at radius 1 is 0.824 bits per heavy atom. The van der Waals surface area contributed by atoms with E-state index in [0.717, 1.165) is 25.7 Å². The summed E-state index contributed by atoms with van der Waals surface area (Å²) in [5.41, 5.74) is 0.759. The number of aliphatic hydroxyl groups is 7. The van der Waals surface area contributed by atoms with Crippen LogP contribution in [-0.2, 0) is 28.4 Å². The van der Waals surface area contributed by atoms with Crippen LogP contribution < -0.4 is 0 Å². The van der Waals surface area contributed by atoms with E-state index >= 15 is 0 Å². The summed E-state index contributed by atoms with van der Waals surface area (Å²) in [4.78, 5) is 0. The van der Waals surface area contributed by atoms with Crippen molar-refractivity contribution >= 4 is 0 Å². The number of aliphatic hydroxyl groups excluding tert-OH is 7. The molecule has 4 saturated heterocycles. The zero-order valence-corrected chi connectivity index (χ0v) is 30.5. The van der Waals surface area contributed by atoms with Gasteiger partial charge in [0.05, 0.1) is 43.7 Å². The molecule has 3 saturated carbocycles. The minimum Gasteiger partial charge on any atom is -0.393 e. The largest absolute Gasteiger partial charge is 0.393 e. The molecule has 22 atom stereocenters. The first kappa shape index (κ1) is 37.2. The van der Waals surface area contributed by atoms with E-state index in [1.165, 1.54) is 12.5 Å². The van der Waals surface area contributed by atoms with Crippen LogP contribution >= 0.6 is 0 Å². The molecule has 0 aromatic carbocycles. The highest BCUT2D eigenvalue weighted by Crippen LogP contribution is 2.71. The summed E-state index contributed by atoms with van der Waals surface area (Å²) in [6.45, 7) is 10.8. The average Bonchev–Trinajstić information content (AvgIpc) is 3.53. The fourth-order valence-electron chi connectivity index (χ4n) is 12.4. The van der Waals surface area contributed by atoms with Crippen LogP contribution in [0.1, 0.15) is 79.6 Å². The topological polar surface area (TPSA) is 197 Å². The zero-order valence-electron chi connectivity index (χ0n) is 30.5. The maximum atomic E-state index is 11.1. The quantitative estimate of drug-likeness (QED) is 0.203. The van der Waals surface area contributed by atoms with Crippen LogP contribution in [-0.4, -0.2) is 134 Å². The number of allylic oxidation sites excluding steroid dienone is 1. The highest BCUT2D eigenvalue weighted by atomic mass is 16.8. The van der Waals surface area contributed by atoms with E-state index in [1.54, 1.807) is 0 Å². The first-order chi connectivity index (χ1) is 24.1. The standard InChI is InChI=1S/C38H60O13/c1-16-14-47-38(13-24(16)40)17(2)28-26(51-38)12-23-21-7-6-19-10-20(39)11-27(37(19,5)22(21)8-9-36(23,28)4)49-35-33(30(43)25(41)15-46-35)50-34-32(45)31(44)29(42)18(3)48-34/h6,16-18,20-35,39-45H,7-15H2,1-5H3/t16-,17-,18+,20+,21+,22-,23+,24-,25+,26-,27+,28-,29-,30-,31+,32+,33-,34+,35+,36-,37-,38+/m0/s1. The SMILES string of the molecule is C[C@H]1CO[C@]2(C[C@@H]1O)O[C@H]1C[C@@H]3[C@@H]4CC=C5C[C@@H](O)C[C@@H](O[C@H]6OC[C@@H](O)[C@H](O)[C@@H]6O[C@H]6O[C@H](C)[C@H](O)[C@@H](O)[C@H]6O)[C@]5(C)[C@H]4CC[C@]3(C)[C@H]1[C@@H]2C. The van der Waals surface area contributed by atoms with E-state index in [2.05, 4.69) is 26.8 Å². The van der Waals surface area contributed by atoms with Crippen molar-refractivity contribution in [2.45, 2.75) is 165 Å². The van der Waals surface area contributed by atoms with E-state index in [1.807, 2.05) is 6.92 Å². The summed E-state index contributed by atoms with van der Waals surface area (Å²) in [7, 11) is 0. The van der Waals surface area contributed by atoms with Crippen molar-refractivity contribution in [2.75, 3.05) is 13.2 Å². The Bertz CT molecular complexity index is 1330. The van der Waals surface area contributed by atoms with E-state index in [9.17, 15) is 35.7 Å². The molecule has 0 bridgehead atoms. The smallest absolute Gasteiger partial charge is 0.187 e. The lowest BCUT2D eigenvalue weighted by Gasteiger charge is -2.60. The van der Waals surface area contributed by atoms with Crippen molar-refractivity contribution in [3.05, 3.63) is 11.6 Å². The van der Waals surface area contributed by atoms with Gasteiger partial charge in [-0.25, -0.2) is 0 Å². The lowest BCUT2D eigenvalue weighted by atomic mass is 9.46. The van der Waals surface area contributed by atoms with Gasteiger partial charge in [0, 0.05) is 30.1 Å². The third-order valence-electron chi connectivity index (χ3n) is 15.4. The summed E-state index contributed by atoms with van der Waals surface area (Å²) in [5, 5.41) is 75.0. The number of rotatable bonds is 4. The Labute approximate surface area is 300 Å². The summed E-state index contributed by atoms with van der Waals surface area (Å²) in [6, 6.07) is 0. The van der Waals surface area contributed by atoms with Crippen molar-refractivity contribution < 1.29 is 64.2 Å². The number of fused-ring (bicyclic) bond motifs is 7. The summed E-state index contributed by atoms with van der Waals surface area (Å²) in [6.07, 6.45) is -5.94. The molecule has 13 heteroatoms. The van der Waals surface area contributed by atoms with Gasteiger partial charge in [-0.3, -0.25) is 0 Å². The lowest BCUT2D eigenvalue weighted by Crippen LogP contribution is -2.63. The second-order valence-electron chi connectivity index (χ2n) is 18.0. The van der Waals surface area contributed by atoms with Gasteiger partial charge in [-0.15, -0.1) is 0 Å². The normalized spacial score (nSPS) is 59.8. The predicted molar refractivity (Wildman–Crippen MR) is 178 cm³/mol. The van der Waals surface area contributed by atoms with Gasteiger partial charge in [0.2, 0.25) is 0 Å². The monoisotopic (exact) mass is 724 g/mol. The van der Waals surface area contributed by atoms with Crippen LogP contribution in [0.3, 0.4) is 0 Å². The Kier molecular flexibility index (Phi) is 9.60. The van der Waals surface area contributed by atoms with Crippen molar-refractivity contribution in [3.8, 4) is 0 Å². The number of ether oxygens (including phenoxy) is 6. The van der Waals surface area contributed by atoms with Gasteiger partial charge in [0.25, 0.3) is 0 Å². The fourth-order valence-corrected chi connectivity index (χ4v) is 12.4. The second-order valence-corrected chi connectivity index (χ2v) is 18.0. The molecule has 8 aliphatic rings. The van der Waals surface area contributed by atoms with Crippen molar-refractivity contribution in [1.82, 2.24) is 0 Å². The molecule has 7 fully saturated rings. The Hall–Kier alpha value is -0.780. The third kappa shape index (κ3) is 5.66. The summed E-state index contributed by atoms with van der Waals surface area (Å²) >= 11 is 0. The molecule has 4 aliphatic heterocycles. The van der Waals surface area contributed by atoms with Crippen LogP contribution in [0.2, 0.25) is 0 Å². The molecule has 4 aliphatic carbocycles. The van der Waals surface area contributed by atoms with Crippen molar-refractivity contribution in [2.24, 2.45) is 46.3 Å². The molecular weight excluding hydrogens is 664 g/mol. The highest BCUT2D eigenvalue weighted by Gasteiger charge is 2.70. The second kappa shape index (κ2) is 13.2. The molecule has 0 amide bonds. The molecule has 7 N–H and O–H groups in total. The molecule has 0 radical (unpaired) electrons. The van der Waals surface area contributed by atoms with Gasteiger partial charge in [0.1, 0.15) is 36.6 Å². The Morgan fingerprint density at radius 2 is 1.59 bits per heavy atom. The third-order valence-corrected chi connectivity index (χ3v) is 15.4. The molecule has 13 nitrogen and oxygen atoms in total. The van der Waals surface area contributed by atoms with Crippen LogP contribution in [0, 0.1) is 46.3 Å². The molecular formula is C38H60O13. The van der Waals surface area contributed by atoms with E-state index in [-0.39, 0.29) is 35.9 Å². The maximum Gasteiger partial charge on any atom is 0.187 e. The molecule has 0 aromatic heterocycles. The molecule has 1 spiro atoms. The highest BCUT2D eigenvalue weighted by molar-refractivity contribution is 5.29. The molecule has 0 aromatic rings. The van der Waals surface area contributed by atoms with Gasteiger partial charge < -0.3 is 64.2 Å². The maximum absolute atomic E-state index is 11.1. The van der Waals surface area contributed by atoms with Gasteiger partial charge in [-0.05, 0) is 68.1 Å². The molecule has 51 heavy (non-hydrogen) atoms. The average molecular weight is 725 g/mol. The van der Waals surface area contributed by atoms with E-state index in [0.29, 0.717) is 43.6 Å². The fraction of sp³-hybridized carbons (Fsp3) is 0.947. The van der Waals surface area contributed by atoms with E-state index < -0.39 is 84.8 Å². The number of hydrogen-bond acceptors (Lipinski definition) is 13. The minimum atomic E-state index is -1.62. The molecule has 4 heterocycles. The van der Waals surface area contributed by atoms with Crippen LogP contribution in [0.25, 0.3) is 0 Å². The first-order valence-electron chi connectivity index (χ1n) is 19.4. The number of hydrogen-bond donors (Lipinski definition) is 7. The molecule has 8 rings (SSSR count). The van der Waals surface area contributed by atoms with Crippen LogP contribution in [0.4, 0.5) is 0 Å². The van der Waals surface area contributed by atoms with Crippen molar-refractivity contribution in [3.63, 3.8) is 0 Å². The first-order valence-corrected chi connectivity index (χ1v) is 19.4. The molecule has 0 unspecified atom stereocenters. The Balaban J connectivity index is 1.04. The zero-order chi connectivity index (χ0) is 36.4. The van der Waals surface area contributed by atoms with Gasteiger partial charge in [0.15, 0.2) is 18.4 Å². The van der Waals surface area contributed by atoms with Crippen LogP contribution in [0.15, 0.2) is 11.6 Å². The minimum absolute atomic E-state index is 0.0418. The van der Waals surface area contributed by atoms with Gasteiger partial charge in [-0.1, -0.05) is 39.3 Å². The Morgan fingerprint density at radius 3 is 2.33 bits per heavy atom. The summed E-state index contributed by atoms with van der Waals surface area (Å²) < 4.78 is 37.8. The van der Waals surface area contributed by atoms with Crippen molar-refractivity contribution in [1.29, 1.82) is 0 Å². The van der Waals surface area contributed by atoms with Gasteiger partial charge in [-0.2, -0.15) is 0 Å².